The number of hydrogen-bond acceptors (Lipinski definition) is 3. The first-order valence-electron chi connectivity index (χ1n) is 11.6. The van der Waals surface area contributed by atoms with Crippen molar-refractivity contribution in [2.75, 3.05) is 6.61 Å². The van der Waals surface area contributed by atoms with Gasteiger partial charge in [-0.1, -0.05) is 25.1 Å². The summed E-state index contributed by atoms with van der Waals surface area (Å²) in [6.45, 7) is 9.65. The normalized spacial score (nSPS) is 20.4. The van der Waals surface area contributed by atoms with Crippen LogP contribution >= 0.6 is 0 Å². The van der Waals surface area contributed by atoms with Gasteiger partial charge in [-0.25, -0.2) is 0 Å². The van der Waals surface area contributed by atoms with Gasteiger partial charge in [-0.3, -0.25) is 9.88 Å². The molecule has 0 amide bonds. The highest BCUT2D eigenvalue weighted by atomic mass is 16.5. The Bertz CT molecular complexity index is 1050. The summed E-state index contributed by atoms with van der Waals surface area (Å²) in [6.07, 6.45) is 7.35. The second-order valence-corrected chi connectivity index (χ2v) is 9.50. The molecular weight excluding hydrogens is 380 g/mol. The molecule has 0 saturated heterocycles. The molecule has 31 heavy (non-hydrogen) atoms. The van der Waals surface area contributed by atoms with E-state index in [4.69, 9.17) is 4.74 Å². The van der Waals surface area contributed by atoms with Crippen LogP contribution in [0, 0.1) is 19.8 Å². The number of rotatable bonds is 6. The number of hydrogen-bond donors (Lipinski definition) is 0. The summed E-state index contributed by atoms with van der Waals surface area (Å²) in [6, 6.07) is 16.2. The molecule has 0 N–H and O–H groups in total. The van der Waals surface area contributed by atoms with Crippen molar-refractivity contribution in [1.29, 1.82) is 0 Å². The molecule has 1 aliphatic carbocycles. The zero-order chi connectivity index (χ0) is 21.4. The molecule has 3 heteroatoms. The molecule has 5 rings (SSSR count). The van der Waals surface area contributed by atoms with Gasteiger partial charge >= 0.3 is 0 Å². The van der Waals surface area contributed by atoms with Crippen molar-refractivity contribution in [1.82, 2.24) is 9.88 Å². The van der Waals surface area contributed by atoms with Crippen LogP contribution in [0.15, 0.2) is 54.9 Å². The Hall–Kier alpha value is -2.65. The zero-order valence-electron chi connectivity index (χ0n) is 18.9. The highest BCUT2D eigenvalue weighted by molar-refractivity contribution is 5.70. The molecule has 2 heterocycles. The van der Waals surface area contributed by atoms with E-state index in [-0.39, 0.29) is 0 Å². The number of fused-ring (bicyclic) bond motifs is 1. The van der Waals surface area contributed by atoms with Gasteiger partial charge in [-0.05, 0) is 95.8 Å². The van der Waals surface area contributed by atoms with Gasteiger partial charge in [0.2, 0.25) is 0 Å². The van der Waals surface area contributed by atoms with Gasteiger partial charge in [0.05, 0.1) is 6.61 Å². The SMILES string of the molecule is Cc1cc(CCOc2ccc3c(c2)CN(C2CC(C)C2)C3)cc(C)c1-c1ccncc1. The lowest BCUT2D eigenvalue weighted by Gasteiger charge is -2.39. The first-order chi connectivity index (χ1) is 15.1. The molecule has 1 saturated carbocycles. The van der Waals surface area contributed by atoms with E-state index in [9.17, 15) is 0 Å². The maximum atomic E-state index is 6.16. The van der Waals surface area contributed by atoms with Crippen molar-refractivity contribution in [2.24, 2.45) is 5.92 Å². The van der Waals surface area contributed by atoms with Crippen LogP contribution in [0.5, 0.6) is 5.75 Å². The Morgan fingerprint density at radius 1 is 0.935 bits per heavy atom. The van der Waals surface area contributed by atoms with E-state index in [1.54, 1.807) is 0 Å². The van der Waals surface area contributed by atoms with E-state index in [0.717, 1.165) is 37.2 Å². The molecule has 0 bridgehead atoms. The van der Waals surface area contributed by atoms with Crippen molar-refractivity contribution in [3.05, 3.63) is 82.7 Å². The Labute approximate surface area is 186 Å². The molecule has 0 unspecified atom stereocenters. The van der Waals surface area contributed by atoms with Gasteiger partial charge in [0.1, 0.15) is 5.75 Å². The third-order valence-corrected chi connectivity index (χ3v) is 7.01. The van der Waals surface area contributed by atoms with Gasteiger partial charge < -0.3 is 4.74 Å². The van der Waals surface area contributed by atoms with Crippen LogP contribution in [-0.2, 0) is 19.5 Å². The lowest BCUT2D eigenvalue weighted by molar-refractivity contribution is 0.0842. The zero-order valence-corrected chi connectivity index (χ0v) is 18.9. The van der Waals surface area contributed by atoms with Crippen LogP contribution in [0.4, 0.5) is 0 Å². The van der Waals surface area contributed by atoms with Crippen LogP contribution in [0.25, 0.3) is 11.1 Å². The Morgan fingerprint density at radius 2 is 1.65 bits per heavy atom. The van der Waals surface area contributed by atoms with E-state index in [1.807, 2.05) is 12.4 Å². The number of nitrogens with zero attached hydrogens (tertiary/aromatic N) is 2. The molecule has 3 aromatic rings. The number of pyridine rings is 1. The molecular formula is C28H32N2O. The first kappa shape index (κ1) is 20.3. The largest absolute Gasteiger partial charge is 0.493 e. The predicted octanol–water partition coefficient (Wildman–Crippen LogP) is 6.10. The average molecular weight is 413 g/mol. The standard InChI is InChI=1S/C28H32N2O/c1-19-12-26(13-19)30-17-24-4-5-27(16-25(24)18-30)31-11-8-22-14-20(2)28(21(3)15-22)23-6-9-29-10-7-23/h4-7,9-10,14-16,19,26H,8,11-13,17-18H2,1-3H3. The van der Waals surface area contributed by atoms with Gasteiger partial charge in [0, 0.05) is 37.9 Å². The molecule has 160 valence electrons. The Morgan fingerprint density at radius 3 is 2.35 bits per heavy atom. The second kappa shape index (κ2) is 8.47. The maximum Gasteiger partial charge on any atom is 0.119 e. The second-order valence-electron chi connectivity index (χ2n) is 9.50. The highest BCUT2D eigenvalue weighted by Crippen LogP contribution is 2.37. The van der Waals surface area contributed by atoms with Crippen LogP contribution in [0.3, 0.4) is 0 Å². The van der Waals surface area contributed by atoms with E-state index in [2.05, 4.69) is 73.1 Å². The fraction of sp³-hybridized carbons (Fsp3) is 0.393. The summed E-state index contributed by atoms with van der Waals surface area (Å²) in [4.78, 5) is 6.79. The van der Waals surface area contributed by atoms with Crippen molar-refractivity contribution in [2.45, 2.75) is 59.2 Å². The fourth-order valence-electron chi connectivity index (χ4n) is 5.36. The molecule has 1 aromatic heterocycles. The van der Waals surface area contributed by atoms with E-state index < -0.39 is 0 Å². The Balaban J connectivity index is 1.20. The Kier molecular flexibility index (Phi) is 5.54. The summed E-state index contributed by atoms with van der Waals surface area (Å²) in [5, 5.41) is 0. The lowest BCUT2D eigenvalue weighted by Crippen LogP contribution is -2.40. The van der Waals surface area contributed by atoms with E-state index >= 15 is 0 Å². The number of aryl methyl sites for hydroxylation is 2. The summed E-state index contributed by atoms with van der Waals surface area (Å²) in [7, 11) is 0. The molecule has 3 nitrogen and oxygen atoms in total. The van der Waals surface area contributed by atoms with Crippen LogP contribution < -0.4 is 4.74 Å². The number of benzene rings is 2. The third kappa shape index (κ3) is 4.24. The fourth-order valence-corrected chi connectivity index (χ4v) is 5.36. The number of ether oxygens (including phenoxy) is 1. The third-order valence-electron chi connectivity index (χ3n) is 7.01. The van der Waals surface area contributed by atoms with Crippen molar-refractivity contribution < 1.29 is 4.74 Å². The molecule has 2 aromatic carbocycles. The number of aromatic nitrogens is 1. The van der Waals surface area contributed by atoms with Gasteiger partial charge in [-0.15, -0.1) is 0 Å². The summed E-state index contributed by atoms with van der Waals surface area (Å²) < 4.78 is 6.16. The van der Waals surface area contributed by atoms with Crippen molar-refractivity contribution in [3.8, 4) is 16.9 Å². The first-order valence-corrected chi connectivity index (χ1v) is 11.6. The topological polar surface area (TPSA) is 25.4 Å². The maximum absolute atomic E-state index is 6.16. The van der Waals surface area contributed by atoms with E-state index in [0.29, 0.717) is 6.61 Å². The molecule has 1 fully saturated rings. The molecule has 0 radical (unpaired) electrons. The van der Waals surface area contributed by atoms with Gasteiger partial charge in [0.15, 0.2) is 0 Å². The van der Waals surface area contributed by atoms with Gasteiger partial charge in [-0.2, -0.15) is 0 Å². The summed E-state index contributed by atoms with van der Waals surface area (Å²) in [5.41, 5.74) is 9.43. The van der Waals surface area contributed by atoms with Crippen molar-refractivity contribution in [3.63, 3.8) is 0 Å². The molecule has 1 aliphatic heterocycles. The predicted molar refractivity (Wildman–Crippen MR) is 126 cm³/mol. The van der Waals surface area contributed by atoms with Crippen LogP contribution in [-0.4, -0.2) is 22.5 Å². The average Bonchev–Trinajstić information content (AvgIpc) is 3.14. The minimum atomic E-state index is 0.704. The summed E-state index contributed by atoms with van der Waals surface area (Å²) in [5.74, 6) is 1.91. The molecule has 0 atom stereocenters. The molecule has 0 spiro atoms. The minimum Gasteiger partial charge on any atom is -0.493 e. The van der Waals surface area contributed by atoms with Gasteiger partial charge in [0.25, 0.3) is 0 Å². The highest BCUT2D eigenvalue weighted by Gasteiger charge is 2.33. The minimum absolute atomic E-state index is 0.704. The quantitative estimate of drug-likeness (QED) is 0.489. The van der Waals surface area contributed by atoms with Crippen LogP contribution in [0.2, 0.25) is 0 Å². The van der Waals surface area contributed by atoms with E-state index in [1.165, 1.54) is 51.8 Å². The monoisotopic (exact) mass is 412 g/mol. The summed E-state index contributed by atoms with van der Waals surface area (Å²) >= 11 is 0. The molecule has 2 aliphatic rings. The lowest BCUT2D eigenvalue weighted by atomic mass is 9.81. The van der Waals surface area contributed by atoms with Crippen LogP contribution in [0.1, 0.15) is 47.6 Å². The van der Waals surface area contributed by atoms with Crippen molar-refractivity contribution >= 4 is 0 Å². The smallest absolute Gasteiger partial charge is 0.119 e.